The first-order valence-electron chi connectivity index (χ1n) is 8.69. The number of aromatic nitrogens is 4. The topological polar surface area (TPSA) is 155 Å². The summed E-state index contributed by atoms with van der Waals surface area (Å²) in [7, 11) is -3.70. The number of para-hydroxylation sites is 3. The number of primary amides is 1. The molecule has 2 aromatic heterocycles. The number of benzene rings is 2. The number of carbonyl (C=O) groups is 2. The summed E-state index contributed by atoms with van der Waals surface area (Å²) in [5.41, 5.74) is 6.14. The van der Waals surface area contributed by atoms with Gasteiger partial charge in [0.1, 0.15) is 5.69 Å². The maximum atomic E-state index is 13.5. The lowest BCUT2D eigenvalue weighted by atomic mass is 10.2. The Balaban J connectivity index is 1.98. The summed E-state index contributed by atoms with van der Waals surface area (Å²) in [6.45, 7) is 0. The minimum atomic E-state index is -3.70. The minimum absolute atomic E-state index is 0.0640. The Morgan fingerprint density at radius 2 is 1.77 bits per heavy atom. The van der Waals surface area contributed by atoms with Crippen LogP contribution in [0.25, 0.3) is 11.0 Å². The van der Waals surface area contributed by atoms with Gasteiger partial charge in [0.15, 0.2) is 15.5 Å². The average Bonchev–Trinajstić information content (AvgIpc) is 3.35. The van der Waals surface area contributed by atoms with Gasteiger partial charge < -0.3 is 15.7 Å². The molecule has 4 rings (SSSR count). The fraction of sp³-hybridized carbons (Fsp3) is 0.0526. The maximum Gasteiger partial charge on any atom is 0.284 e. The first-order chi connectivity index (χ1) is 14.3. The molecular weight excluding hydrogens is 408 g/mol. The summed E-state index contributed by atoms with van der Waals surface area (Å²) in [4.78, 5) is 40.0. The van der Waals surface area contributed by atoms with Gasteiger partial charge in [-0.3, -0.25) is 9.59 Å². The second-order valence-corrected chi connectivity index (χ2v) is 8.43. The highest BCUT2D eigenvalue weighted by Gasteiger charge is 2.31. The van der Waals surface area contributed by atoms with E-state index in [9.17, 15) is 18.0 Å². The normalized spacial score (nSPS) is 11.5. The number of nitrogens with one attached hydrogen (secondary N) is 2. The quantitative estimate of drug-likeness (QED) is 0.443. The van der Waals surface area contributed by atoms with Gasteiger partial charge in [0.25, 0.3) is 11.8 Å². The van der Waals surface area contributed by atoms with E-state index >= 15 is 0 Å². The standard InChI is InChI=1S/C19H16N6O4S/c1-30(28,29)14-9-5-4-8-13(14)25(18(27)16-15(17(20)26)21-10-22-16)19-23-11-6-2-3-7-12(11)24-19/h2-10H,1H3,(H2,20,26)(H,21,22)(H,23,24). The molecule has 0 spiro atoms. The van der Waals surface area contributed by atoms with Crippen LogP contribution in [0, 0.1) is 0 Å². The van der Waals surface area contributed by atoms with Crippen molar-refractivity contribution in [3.8, 4) is 0 Å². The summed E-state index contributed by atoms with van der Waals surface area (Å²) in [6, 6.07) is 13.1. The first-order valence-corrected chi connectivity index (χ1v) is 10.6. The van der Waals surface area contributed by atoms with E-state index in [4.69, 9.17) is 5.73 Å². The molecule has 0 radical (unpaired) electrons. The first kappa shape index (κ1) is 19.3. The Kier molecular flexibility index (Phi) is 4.59. The predicted octanol–water partition coefficient (Wildman–Crippen LogP) is 1.77. The van der Waals surface area contributed by atoms with E-state index < -0.39 is 21.7 Å². The fourth-order valence-corrected chi connectivity index (χ4v) is 3.94. The third-order valence-corrected chi connectivity index (χ3v) is 5.53. The number of hydrogen-bond acceptors (Lipinski definition) is 6. The largest absolute Gasteiger partial charge is 0.364 e. The summed E-state index contributed by atoms with van der Waals surface area (Å²) >= 11 is 0. The van der Waals surface area contributed by atoms with E-state index in [2.05, 4.69) is 19.9 Å². The lowest BCUT2D eigenvalue weighted by Crippen LogP contribution is -2.31. The molecule has 0 unspecified atom stereocenters. The number of nitrogens with zero attached hydrogens (tertiary/aromatic N) is 3. The van der Waals surface area contributed by atoms with E-state index in [-0.39, 0.29) is 27.9 Å². The van der Waals surface area contributed by atoms with Gasteiger partial charge in [-0.2, -0.15) is 0 Å². The number of amides is 2. The van der Waals surface area contributed by atoms with Crippen LogP contribution in [-0.2, 0) is 9.84 Å². The van der Waals surface area contributed by atoms with Gasteiger partial charge in [-0.05, 0) is 24.3 Å². The molecule has 4 N–H and O–H groups in total. The molecule has 0 saturated carbocycles. The van der Waals surface area contributed by atoms with E-state index in [1.165, 1.54) is 12.1 Å². The van der Waals surface area contributed by atoms with E-state index in [0.29, 0.717) is 11.0 Å². The number of H-pyrrole nitrogens is 2. The summed E-state index contributed by atoms with van der Waals surface area (Å²) < 4.78 is 24.8. The molecular formula is C19H16N6O4S. The van der Waals surface area contributed by atoms with E-state index in [0.717, 1.165) is 17.5 Å². The Hall–Kier alpha value is -3.99. The number of anilines is 2. The highest BCUT2D eigenvalue weighted by Crippen LogP contribution is 2.32. The van der Waals surface area contributed by atoms with Crippen molar-refractivity contribution < 1.29 is 18.0 Å². The lowest BCUT2D eigenvalue weighted by molar-refractivity contribution is 0.0961. The van der Waals surface area contributed by atoms with Crippen LogP contribution in [0.1, 0.15) is 21.0 Å². The summed E-state index contributed by atoms with van der Waals surface area (Å²) in [5.74, 6) is -1.58. The Morgan fingerprint density at radius 3 is 2.47 bits per heavy atom. The second kappa shape index (κ2) is 7.12. The molecule has 0 fully saturated rings. The van der Waals surface area contributed by atoms with Crippen molar-refractivity contribution in [1.82, 2.24) is 19.9 Å². The van der Waals surface area contributed by atoms with Crippen molar-refractivity contribution in [1.29, 1.82) is 0 Å². The number of hydrogen-bond donors (Lipinski definition) is 3. The third kappa shape index (κ3) is 3.31. The molecule has 0 bridgehead atoms. The van der Waals surface area contributed by atoms with Crippen LogP contribution in [0.15, 0.2) is 59.8 Å². The van der Waals surface area contributed by atoms with Crippen LogP contribution in [-0.4, -0.2) is 46.4 Å². The minimum Gasteiger partial charge on any atom is -0.364 e. The fourth-order valence-electron chi connectivity index (χ4n) is 3.08. The highest BCUT2D eigenvalue weighted by atomic mass is 32.2. The number of imidazole rings is 2. The van der Waals surface area contributed by atoms with Crippen molar-refractivity contribution >= 4 is 44.3 Å². The lowest BCUT2D eigenvalue weighted by Gasteiger charge is -2.22. The van der Waals surface area contributed by atoms with Gasteiger partial charge in [0.2, 0.25) is 5.95 Å². The van der Waals surface area contributed by atoms with Gasteiger partial charge in [0.05, 0.1) is 27.9 Å². The molecule has 0 aliphatic heterocycles. The summed E-state index contributed by atoms with van der Waals surface area (Å²) in [5, 5.41) is 0. The van der Waals surface area contributed by atoms with Crippen molar-refractivity contribution in [2.24, 2.45) is 5.73 Å². The Labute approximate surface area is 170 Å². The number of fused-ring (bicyclic) bond motifs is 1. The average molecular weight is 424 g/mol. The van der Waals surface area contributed by atoms with Crippen molar-refractivity contribution in [3.05, 3.63) is 66.2 Å². The number of carbonyl (C=O) groups excluding carboxylic acids is 2. The van der Waals surface area contributed by atoms with Crippen LogP contribution >= 0.6 is 0 Å². The van der Waals surface area contributed by atoms with Crippen LogP contribution < -0.4 is 10.6 Å². The molecule has 2 heterocycles. The maximum absolute atomic E-state index is 13.5. The molecule has 10 nitrogen and oxygen atoms in total. The third-order valence-electron chi connectivity index (χ3n) is 4.38. The van der Waals surface area contributed by atoms with Gasteiger partial charge in [-0.15, -0.1) is 0 Å². The highest BCUT2D eigenvalue weighted by molar-refractivity contribution is 7.90. The predicted molar refractivity (Wildman–Crippen MR) is 109 cm³/mol. The SMILES string of the molecule is CS(=O)(=O)c1ccccc1N(C(=O)c1[nH]cnc1C(N)=O)c1nc2ccccc2[nH]1. The zero-order valence-corrected chi connectivity index (χ0v) is 16.5. The molecule has 0 aliphatic rings. The van der Waals surface area contributed by atoms with Gasteiger partial charge in [0, 0.05) is 6.26 Å². The zero-order valence-electron chi connectivity index (χ0n) is 15.7. The van der Waals surface area contributed by atoms with Crippen LogP contribution in [0.2, 0.25) is 0 Å². The molecule has 2 amide bonds. The molecule has 2 aromatic carbocycles. The molecule has 0 saturated heterocycles. The molecule has 4 aromatic rings. The van der Waals surface area contributed by atoms with Crippen LogP contribution in [0.5, 0.6) is 0 Å². The second-order valence-electron chi connectivity index (χ2n) is 6.45. The Bertz CT molecular complexity index is 1360. The van der Waals surface area contributed by atoms with Gasteiger partial charge >= 0.3 is 0 Å². The van der Waals surface area contributed by atoms with Crippen LogP contribution in [0.3, 0.4) is 0 Å². The molecule has 0 atom stereocenters. The smallest absolute Gasteiger partial charge is 0.284 e. The monoisotopic (exact) mass is 424 g/mol. The van der Waals surface area contributed by atoms with Crippen molar-refractivity contribution in [2.45, 2.75) is 4.90 Å². The van der Waals surface area contributed by atoms with E-state index in [1.54, 1.807) is 36.4 Å². The number of rotatable bonds is 5. The zero-order chi connectivity index (χ0) is 21.5. The van der Waals surface area contributed by atoms with Crippen LogP contribution in [0.4, 0.5) is 11.6 Å². The Morgan fingerprint density at radius 1 is 1.07 bits per heavy atom. The number of sulfone groups is 1. The van der Waals surface area contributed by atoms with Gasteiger partial charge in [-0.25, -0.2) is 23.3 Å². The molecule has 11 heteroatoms. The van der Waals surface area contributed by atoms with Gasteiger partial charge in [-0.1, -0.05) is 24.3 Å². The van der Waals surface area contributed by atoms with E-state index in [1.807, 2.05) is 0 Å². The van der Waals surface area contributed by atoms with Crippen molar-refractivity contribution in [2.75, 3.05) is 11.2 Å². The molecule has 152 valence electrons. The number of aromatic amines is 2. The molecule has 0 aliphatic carbocycles. The van der Waals surface area contributed by atoms with Crippen molar-refractivity contribution in [3.63, 3.8) is 0 Å². The molecule has 30 heavy (non-hydrogen) atoms. The number of nitrogens with two attached hydrogens (primary N) is 1. The summed E-state index contributed by atoms with van der Waals surface area (Å²) in [6.07, 6.45) is 2.20.